The number of amides is 1. The summed E-state index contributed by atoms with van der Waals surface area (Å²) >= 11 is 0. The van der Waals surface area contributed by atoms with Gasteiger partial charge in [-0.2, -0.15) is 0 Å². The maximum Gasteiger partial charge on any atom is 0.308 e. The number of rotatable bonds is 6. The van der Waals surface area contributed by atoms with Crippen LogP contribution in [-0.4, -0.2) is 23.5 Å². The van der Waals surface area contributed by atoms with Gasteiger partial charge in [-0.05, 0) is 41.9 Å². The number of fused-ring (bicyclic) bond motifs is 1. The van der Waals surface area contributed by atoms with E-state index in [-0.39, 0.29) is 18.4 Å². The van der Waals surface area contributed by atoms with Crippen molar-refractivity contribution in [3.05, 3.63) is 34.9 Å². The average Bonchev–Trinajstić information content (AvgIpc) is 2.85. The van der Waals surface area contributed by atoms with Crippen LogP contribution in [0.5, 0.6) is 0 Å². The number of carbonyl (C=O) groups excluding carboxylic acids is 1. The summed E-state index contributed by atoms with van der Waals surface area (Å²) in [6.07, 6.45) is 3.74. The maximum absolute atomic E-state index is 12.0. The largest absolute Gasteiger partial charge is 0.481 e. The highest BCUT2D eigenvalue weighted by Crippen LogP contribution is 2.23. The smallest absolute Gasteiger partial charge is 0.308 e. The van der Waals surface area contributed by atoms with Gasteiger partial charge >= 0.3 is 5.97 Å². The molecule has 1 unspecified atom stereocenters. The molecule has 0 aromatic heterocycles. The minimum atomic E-state index is -0.858. The van der Waals surface area contributed by atoms with Gasteiger partial charge in [0.15, 0.2) is 0 Å². The molecule has 0 radical (unpaired) electrons. The van der Waals surface area contributed by atoms with Crippen molar-refractivity contribution in [3.8, 4) is 0 Å². The Morgan fingerprint density at radius 2 is 1.95 bits per heavy atom. The first-order chi connectivity index (χ1) is 9.97. The van der Waals surface area contributed by atoms with Gasteiger partial charge in [0.25, 0.3) is 0 Å². The molecular weight excluding hydrogens is 266 g/mol. The topological polar surface area (TPSA) is 66.4 Å². The number of nitrogens with one attached hydrogen (secondary N) is 1. The summed E-state index contributed by atoms with van der Waals surface area (Å²) in [4.78, 5) is 23.0. The van der Waals surface area contributed by atoms with Gasteiger partial charge in [-0.1, -0.05) is 32.0 Å². The SMILES string of the molecule is CC(C)C(CNC(=O)Cc1ccc2c(c1)CCC2)C(=O)O. The number of carbonyl (C=O) groups is 2. The number of carboxylic acid groups (broad SMARTS) is 1. The lowest BCUT2D eigenvalue weighted by molar-refractivity contribution is -0.143. The van der Waals surface area contributed by atoms with E-state index in [0.717, 1.165) is 18.4 Å². The van der Waals surface area contributed by atoms with Crippen LogP contribution >= 0.6 is 0 Å². The van der Waals surface area contributed by atoms with E-state index in [0.29, 0.717) is 6.42 Å². The van der Waals surface area contributed by atoms with Crippen LogP contribution < -0.4 is 5.32 Å². The highest BCUT2D eigenvalue weighted by molar-refractivity contribution is 5.79. The third-order valence-electron chi connectivity index (χ3n) is 4.17. The van der Waals surface area contributed by atoms with Crippen molar-refractivity contribution < 1.29 is 14.7 Å². The molecule has 21 heavy (non-hydrogen) atoms. The summed E-state index contributed by atoms with van der Waals surface area (Å²) in [6.45, 7) is 3.90. The maximum atomic E-state index is 12.0. The van der Waals surface area contributed by atoms with Crippen LogP contribution in [0.25, 0.3) is 0 Å². The van der Waals surface area contributed by atoms with Gasteiger partial charge in [0.1, 0.15) is 0 Å². The van der Waals surface area contributed by atoms with Crippen molar-refractivity contribution in [2.45, 2.75) is 39.5 Å². The molecule has 0 spiro atoms. The monoisotopic (exact) mass is 289 g/mol. The third kappa shape index (κ3) is 4.06. The summed E-state index contributed by atoms with van der Waals surface area (Å²) < 4.78 is 0. The Morgan fingerprint density at radius 3 is 2.62 bits per heavy atom. The first-order valence-electron chi connectivity index (χ1n) is 7.57. The van der Waals surface area contributed by atoms with E-state index >= 15 is 0 Å². The summed E-state index contributed by atoms with van der Waals surface area (Å²) in [5, 5.41) is 11.8. The zero-order valence-corrected chi connectivity index (χ0v) is 12.7. The molecule has 0 saturated heterocycles. The van der Waals surface area contributed by atoms with Crippen LogP contribution in [-0.2, 0) is 28.9 Å². The normalized spacial score (nSPS) is 14.8. The third-order valence-corrected chi connectivity index (χ3v) is 4.17. The van der Waals surface area contributed by atoms with Gasteiger partial charge in [-0.25, -0.2) is 0 Å². The van der Waals surface area contributed by atoms with Crippen LogP contribution in [0.2, 0.25) is 0 Å². The molecule has 1 aliphatic carbocycles. The summed E-state index contributed by atoms with van der Waals surface area (Å²) in [6, 6.07) is 6.22. The van der Waals surface area contributed by atoms with Crippen molar-refractivity contribution in [2.24, 2.45) is 11.8 Å². The lowest BCUT2D eigenvalue weighted by Gasteiger charge is -2.16. The van der Waals surface area contributed by atoms with Crippen LogP contribution in [0.15, 0.2) is 18.2 Å². The Morgan fingerprint density at radius 1 is 1.24 bits per heavy atom. The standard InChI is InChI=1S/C17H23NO3/c1-11(2)15(17(20)21)10-18-16(19)9-12-6-7-13-4-3-5-14(13)8-12/h6-8,11,15H,3-5,9-10H2,1-2H3,(H,18,19)(H,20,21). The first kappa shape index (κ1) is 15.5. The molecule has 2 rings (SSSR count). The van der Waals surface area contributed by atoms with E-state index in [9.17, 15) is 9.59 Å². The van der Waals surface area contributed by atoms with Crippen molar-refractivity contribution in [1.29, 1.82) is 0 Å². The Hall–Kier alpha value is -1.84. The van der Waals surface area contributed by atoms with Crippen molar-refractivity contribution in [3.63, 3.8) is 0 Å². The van der Waals surface area contributed by atoms with Crippen LogP contribution in [0.4, 0.5) is 0 Å². The van der Waals surface area contributed by atoms with Crippen LogP contribution in [0.1, 0.15) is 37.0 Å². The minimum Gasteiger partial charge on any atom is -0.481 e. The van der Waals surface area contributed by atoms with Gasteiger partial charge < -0.3 is 10.4 Å². The number of aryl methyl sites for hydroxylation is 2. The molecule has 1 aliphatic rings. The Balaban J connectivity index is 1.88. The molecule has 0 heterocycles. The second kappa shape index (κ2) is 6.74. The van der Waals surface area contributed by atoms with Gasteiger partial charge in [0.2, 0.25) is 5.91 Å². The number of carboxylic acids is 1. The molecule has 114 valence electrons. The van der Waals surface area contributed by atoms with Crippen molar-refractivity contribution in [1.82, 2.24) is 5.32 Å². The summed E-state index contributed by atoms with van der Waals surface area (Å²) in [5.74, 6) is -1.50. The number of aliphatic carboxylic acids is 1. The second-order valence-corrected chi connectivity index (χ2v) is 6.13. The van der Waals surface area contributed by atoms with Crippen LogP contribution in [0.3, 0.4) is 0 Å². The Kier molecular flexibility index (Phi) is 4.99. The molecule has 0 aliphatic heterocycles. The van der Waals surface area contributed by atoms with Crippen LogP contribution in [0, 0.1) is 11.8 Å². The quantitative estimate of drug-likeness (QED) is 0.843. The van der Waals surface area contributed by atoms with E-state index in [1.54, 1.807) is 0 Å². The van der Waals surface area contributed by atoms with Gasteiger partial charge in [-0.15, -0.1) is 0 Å². The molecule has 0 saturated carbocycles. The number of benzene rings is 1. The molecule has 0 fully saturated rings. The zero-order valence-electron chi connectivity index (χ0n) is 12.7. The molecule has 2 N–H and O–H groups in total. The molecule has 1 aromatic carbocycles. The minimum absolute atomic E-state index is 0.00259. The van der Waals surface area contributed by atoms with Gasteiger partial charge in [0, 0.05) is 6.54 Å². The number of hydrogen-bond acceptors (Lipinski definition) is 2. The molecule has 4 nitrogen and oxygen atoms in total. The second-order valence-electron chi connectivity index (χ2n) is 6.13. The molecule has 0 bridgehead atoms. The predicted octanol–water partition coefficient (Wildman–Crippen LogP) is 2.19. The van der Waals surface area contributed by atoms with Gasteiger partial charge in [0.05, 0.1) is 12.3 Å². The average molecular weight is 289 g/mol. The fourth-order valence-electron chi connectivity index (χ4n) is 2.81. The van der Waals surface area contributed by atoms with Crippen molar-refractivity contribution >= 4 is 11.9 Å². The van der Waals surface area contributed by atoms with E-state index in [1.165, 1.54) is 17.5 Å². The van der Waals surface area contributed by atoms with E-state index in [1.807, 2.05) is 19.9 Å². The Labute approximate surface area is 125 Å². The van der Waals surface area contributed by atoms with Crippen molar-refractivity contribution in [2.75, 3.05) is 6.54 Å². The fraction of sp³-hybridized carbons (Fsp3) is 0.529. The van der Waals surface area contributed by atoms with E-state index < -0.39 is 11.9 Å². The van der Waals surface area contributed by atoms with Gasteiger partial charge in [-0.3, -0.25) is 9.59 Å². The molecule has 4 heteroatoms. The molecule has 1 amide bonds. The summed E-state index contributed by atoms with van der Waals surface area (Å²) in [5.41, 5.74) is 3.75. The first-order valence-corrected chi connectivity index (χ1v) is 7.57. The highest BCUT2D eigenvalue weighted by Gasteiger charge is 2.22. The summed E-state index contributed by atoms with van der Waals surface area (Å²) in [7, 11) is 0. The zero-order chi connectivity index (χ0) is 15.4. The van der Waals surface area contributed by atoms with E-state index in [2.05, 4.69) is 17.4 Å². The molecule has 1 aromatic rings. The molecular formula is C17H23NO3. The lowest BCUT2D eigenvalue weighted by Crippen LogP contribution is -2.36. The predicted molar refractivity (Wildman–Crippen MR) is 81.1 cm³/mol. The lowest BCUT2D eigenvalue weighted by atomic mass is 9.96. The van der Waals surface area contributed by atoms with E-state index in [4.69, 9.17) is 5.11 Å². The number of hydrogen-bond donors (Lipinski definition) is 2. The highest BCUT2D eigenvalue weighted by atomic mass is 16.4. The Bertz CT molecular complexity index is 537. The fourth-order valence-corrected chi connectivity index (χ4v) is 2.81. The molecule has 1 atom stereocenters.